The van der Waals surface area contributed by atoms with E-state index in [4.69, 9.17) is 24.2 Å². The topological polar surface area (TPSA) is 160 Å². The molecule has 1 aromatic carbocycles. The molecule has 332 valence electrons. The fourth-order valence-electron chi connectivity index (χ4n) is 9.70. The van der Waals surface area contributed by atoms with Gasteiger partial charge in [0.15, 0.2) is 0 Å². The first-order valence-corrected chi connectivity index (χ1v) is 22.8. The number of carbonyl (C=O) groups is 4. The number of morpholine rings is 1. The monoisotopic (exact) mass is 868 g/mol. The van der Waals surface area contributed by atoms with Gasteiger partial charge in [0.05, 0.1) is 60.1 Å². The van der Waals surface area contributed by atoms with Gasteiger partial charge in [0.2, 0.25) is 5.91 Å². The molecule has 0 spiro atoms. The number of pyridine rings is 1. The Morgan fingerprint density at radius 3 is 2.63 bits per heavy atom. The number of nitrogens with zero attached hydrogens (tertiary/aromatic N) is 6. The van der Waals surface area contributed by atoms with E-state index in [1.807, 2.05) is 37.1 Å². The number of ether oxygens (including phenoxy) is 3. The van der Waals surface area contributed by atoms with E-state index in [2.05, 4.69) is 60.3 Å². The number of esters is 1. The minimum atomic E-state index is -1.04. The van der Waals surface area contributed by atoms with E-state index in [1.165, 1.54) is 21.2 Å². The number of urea groups is 1. The second-order valence-electron chi connectivity index (χ2n) is 18.3. The van der Waals surface area contributed by atoms with Crippen molar-refractivity contribution in [2.24, 2.45) is 11.3 Å². The van der Waals surface area contributed by atoms with Crippen LogP contribution in [0.5, 0.6) is 0 Å². The summed E-state index contributed by atoms with van der Waals surface area (Å²) in [4.78, 5) is 69.8. The lowest BCUT2D eigenvalue weighted by atomic mass is 9.84. The third kappa shape index (κ3) is 8.33. The number of amides is 4. The maximum atomic E-state index is 14.6. The summed E-state index contributed by atoms with van der Waals surface area (Å²) < 4.78 is 19.8. The van der Waals surface area contributed by atoms with Gasteiger partial charge in [-0.05, 0) is 75.3 Å². The molecule has 0 radical (unpaired) electrons. The van der Waals surface area contributed by atoms with Gasteiger partial charge in [0.1, 0.15) is 18.1 Å². The Labute approximate surface area is 367 Å². The zero-order chi connectivity index (χ0) is 44.0. The van der Waals surface area contributed by atoms with Crippen LogP contribution in [-0.4, -0.2) is 124 Å². The van der Waals surface area contributed by atoms with Crippen LogP contribution in [0.2, 0.25) is 0 Å². The molecule has 62 heavy (non-hydrogen) atoms. The number of hydrogen-bond acceptors (Lipinski definition) is 11. The van der Waals surface area contributed by atoms with Crippen molar-refractivity contribution >= 4 is 46.1 Å². The zero-order valence-electron chi connectivity index (χ0n) is 37.1. The number of thiazole rings is 1. The number of cyclic esters (lactones) is 1. The lowest BCUT2D eigenvalue weighted by Crippen LogP contribution is -2.69. The van der Waals surface area contributed by atoms with E-state index in [1.54, 1.807) is 20.4 Å². The maximum Gasteiger partial charge on any atom is 0.324 e. The third-order valence-corrected chi connectivity index (χ3v) is 13.8. The number of aromatic nitrogens is 3. The fraction of sp³-hybridized carbons (Fsp3) is 0.565. The lowest BCUT2D eigenvalue weighted by molar-refractivity contribution is -0.155. The summed E-state index contributed by atoms with van der Waals surface area (Å²) in [6.07, 6.45) is 4.19. The third-order valence-electron chi connectivity index (χ3n) is 12.9. The summed E-state index contributed by atoms with van der Waals surface area (Å²) in [6, 6.07) is 7.58. The average Bonchev–Trinajstić information content (AvgIpc) is 3.86. The molecule has 16 heteroatoms. The Kier molecular flexibility index (Phi) is 12.5. The summed E-state index contributed by atoms with van der Waals surface area (Å²) >= 11 is 1.43. The molecule has 4 aliphatic rings. The van der Waals surface area contributed by atoms with Gasteiger partial charge in [0.25, 0.3) is 5.91 Å². The van der Waals surface area contributed by atoms with Crippen LogP contribution in [0.25, 0.3) is 33.4 Å². The second-order valence-corrected chi connectivity index (χ2v) is 19.3. The van der Waals surface area contributed by atoms with E-state index in [0.29, 0.717) is 50.6 Å². The minimum absolute atomic E-state index is 0.00228. The average molecular weight is 869 g/mol. The number of fused-ring (bicyclic) bond motifs is 8. The molecule has 2 unspecified atom stereocenters. The first kappa shape index (κ1) is 43.7. The highest BCUT2D eigenvalue weighted by molar-refractivity contribution is 7.10. The molecule has 4 amide bonds. The van der Waals surface area contributed by atoms with Crippen molar-refractivity contribution in [2.45, 2.75) is 117 Å². The van der Waals surface area contributed by atoms with Crippen LogP contribution >= 0.6 is 11.3 Å². The molecular weight excluding hydrogens is 809 g/mol. The van der Waals surface area contributed by atoms with Gasteiger partial charge in [-0.15, -0.1) is 11.3 Å². The van der Waals surface area contributed by atoms with Crippen LogP contribution in [0.1, 0.15) is 83.2 Å². The second kappa shape index (κ2) is 17.7. The lowest BCUT2D eigenvalue weighted by Gasteiger charge is -2.53. The minimum Gasteiger partial charge on any atom is -0.464 e. The van der Waals surface area contributed by atoms with E-state index >= 15 is 0 Å². The van der Waals surface area contributed by atoms with Crippen molar-refractivity contribution in [3.8, 4) is 22.5 Å². The van der Waals surface area contributed by atoms with Crippen molar-refractivity contribution in [3.05, 3.63) is 58.2 Å². The summed E-state index contributed by atoms with van der Waals surface area (Å²) in [6.45, 7) is 14.3. The standard InChI is InChI=1S/C46H60N8O7S/c1-9-52-37-15-14-28-18-32(37)33(41(52)31-12-10-16-47-39(31)27(4)59-8)21-46(5,6)25-61-44(57)34-13-11-17-53(50-34)43(56)35(20-38-48-36(28)24-62-38)49-42(55)40(26(2)3)51(7)45(58)54-29-19-30(54)23-60-22-29/h10,12,14-16,18,24,26-27,29-30,34-35,40,50H,9,11,13,17,19-23,25H2,1-8H3,(H,49,55)/t27-,29?,30?,34-,35-,40-/m0/s1. The molecule has 3 saturated heterocycles. The van der Waals surface area contributed by atoms with Crippen LogP contribution < -0.4 is 10.7 Å². The Balaban J connectivity index is 1.18. The molecule has 4 aromatic rings. The van der Waals surface area contributed by atoms with Crippen LogP contribution in [0.3, 0.4) is 0 Å². The van der Waals surface area contributed by atoms with E-state index in [9.17, 15) is 19.2 Å². The predicted molar refractivity (Wildman–Crippen MR) is 236 cm³/mol. The quantitative estimate of drug-likeness (QED) is 0.209. The number of nitrogens with one attached hydrogen (secondary N) is 2. The van der Waals surface area contributed by atoms with Gasteiger partial charge >= 0.3 is 12.0 Å². The Morgan fingerprint density at radius 2 is 1.92 bits per heavy atom. The zero-order valence-corrected chi connectivity index (χ0v) is 37.9. The molecule has 0 saturated carbocycles. The highest BCUT2D eigenvalue weighted by atomic mass is 32.1. The molecule has 7 heterocycles. The smallest absolute Gasteiger partial charge is 0.324 e. The molecule has 3 aromatic heterocycles. The van der Waals surface area contributed by atoms with E-state index in [-0.39, 0.29) is 43.2 Å². The van der Waals surface area contributed by atoms with Crippen molar-refractivity contribution in [1.82, 2.24) is 40.1 Å². The highest BCUT2D eigenvalue weighted by Gasteiger charge is 2.48. The Morgan fingerprint density at radius 1 is 1.15 bits per heavy atom. The molecule has 6 atom stereocenters. The van der Waals surface area contributed by atoms with Gasteiger partial charge in [-0.2, -0.15) is 0 Å². The SMILES string of the molecule is CCn1c(-c2cccnc2[C@H](C)OC)c2c3cc(ccc31)-c1csc(n1)C[C@H](NC(=O)[C@H](C(C)C)N(C)C(=O)N1C3COCC1C3)C(=O)N1CCC[C@H](N1)C(=O)OCC(C)(C)C2. The molecule has 8 bridgehead atoms. The van der Waals surface area contributed by atoms with Gasteiger partial charge < -0.3 is 33.9 Å². The summed E-state index contributed by atoms with van der Waals surface area (Å²) in [7, 11) is 3.34. The Bertz CT molecular complexity index is 2330. The first-order valence-electron chi connectivity index (χ1n) is 21.9. The van der Waals surface area contributed by atoms with Crippen molar-refractivity contribution in [1.29, 1.82) is 0 Å². The number of rotatable bonds is 8. The molecule has 3 fully saturated rings. The van der Waals surface area contributed by atoms with Gasteiger partial charge in [0, 0.05) is 72.7 Å². The van der Waals surface area contributed by atoms with Crippen molar-refractivity contribution in [2.75, 3.05) is 40.5 Å². The summed E-state index contributed by atoms with van der Waals surface area (Å²) in [5, 5.41) is 8.21. The summed E-state index contributed by atoms with van der Waals surface area (Å²) in [5.74, 6) is -1.52. The Hall–Kier alpha value is -4.90. The van der Waals surface area contributed by atoms with E-state index in [0.717, 1.165) is 51.1 Å². The molecule has 15 nitrogen and oxygen atoms in total. The number of hydrogen-bond donors (Lipinski definition) is 2. The molecule has 8 rings (SSSR count). The van der Waals surface area contributed by atoms with Gasteiger partial charge in [-0.25, -0.2) is 15.2 Å². The number of methoxy groups -OCH3 is 1. The predicted octanol–water partition coefficient (Wildman–Crippen LogP) is 5.75. The number of aryl methyl sites for hydroxylation is 1. The fourth-order valence-corrected chi connectivity index (χ4v) is 10.5. The molecule has 4 aliphatic heterocycles. The van der Waals surface area contributed by atoms with Gasteiger partial charge in [-0.3, -0.25) is 24.4 Å². The van der Waals surface area contributed by atoms with Crippen LogP contribution in [0, 0.1) is 11.3 Å². The number of benzene rings is 1. The first-order chi connectivity index (χ1) is 29.7. The van der Waals surface area contributed by atoms with Crippen LogP contribution in [0.15, 0.2) is 41.9 Å². The van der Waals surface area contributed by atoms with Crippen molar-refractivity contribution < 1.29 is 33.4 Å². The number of carbonyl (C=O) groups excluding carboxylic acids is 4. The highest BCUT2D eigenvalue weighted by Crippen LogP contribution is 2.42. The molecular formula is C46H60N8O7S. The summed E-state index contributed by atoms with van der Waals surface area (Å²) in [5.41, 5.74) is 9.39. The largest absolute Gasteiger partial charge is 0.464 e. The van der Waals surface area contributed by atoms with Crippen LogP contribution in [-0.2, 0) is 48.0 Å². The van der Waals surface area contributed by atoms with Gasteiger partial charge in [-0.1, -0.05) is 33.8 Å². The maximum absolute atomic E-state index is 14.6. The van der Waals surface area contributed by atoms with E-state index < -0.39 is 41.3 Å². The normalized spacial score (nSPS) is 23.6. The molecule has 0 aliphatic carbocycles. The number of likely N-dealkylation sites (N-methyl/N-ethyl adjacent to an activating group) is 1. The van der Waals surface area contributed by atoms with Crippen LogP contribution in [0.4, 0.5) is 4.79 Å². The van der Waals surface area contributed by atoms with Crippen molar-refractivity contribution in [3.63, 3.8) is 0 Å². The molecule has 2 N–H and O–H groups in total. The number of hydrazine groups is 1.